The van der Waals surface area contributed by atoms with E-state index in [4.69, 9.17) is 11.5 Å². The summed E-state index contributed by atoms with van der Waals surface area (Å²) in [4.78, 5) is 13.1. The number of likely N-dealkylation sites (tertiary alicyclic amines) is 1. The quantitative estimate of drug-likeness (QED) is 0.810. The molecule has 0 atom stereocenters. The predicted octanol–water partition coefficient (Wildman–Crippen LogP) is 1.50. The number of carbonyl (C=O) groups is 1. The molecule has 104 valence electrons. The van der Waals surface area contributed by atoms with Crippen molar-refractivity contribution in [3.63, 3.8) is 0 Å². The van der Waals surface area contributed by atoms with Gasteiger partial charge in [0.15, 0.2) is 5.82 Å². The molecule has 4 nitrogen and oxygen atoms in total. The van der Waals surface area contributed by atoms with Crippen LogP contribution in [0, 0.1) is 11.7 Å². The number of benzene rings is 1. The molecule has 1 aliphatic heterocycles. The molecule has 1 aromatic carbocycles. The molecule has 1 saturated heterocycles. The van der Waals surface area contributed by atoms with E-state index in [1.807, 2.05) is 0 Å². The summed E-state index contributed by atoms with van der Waals surface area (Å²) in [5, 5.41) is 0. The Morgan fingerprint density at radius 3 is 2.68 bits per heavy atom. The normalized spacial score (nSPS) is 17.5. The highest BCUT2D eigenvalue weighted by molar-refractivity contribution is 5.73. The number of rotatable bonds is 4. The lowest BCUT2D eigenvalue weighted by molar-refractivity contribution is -0.119. The van der Waals surface area contributed by atoms with E-state index < -0.39 is 0 Å². The van der Waals surface area contributed by atoms with Crippen molar-refractivity contribution in [3.05, 3.63) is 29.6 Å². The second-order valence-corrected chi connectivity index (χ2v) is 5.21. The van der Waals surface area contributed by atoms with Gasteiger partial charge >= 0.3 is 0 Å². The Kier molecular flexibility index (Phi) is 4.37. The lowest BCUT2D eigenvalue weighted by Crippen LogP contribution is -2.34. The smallest absolute Gasteiger partial charge is 0.217 e. The molecule has 0 saturated carbocycles. The van der Waals surface area contributed by atoms with Crippen LogP contribution in [0.1, 0.15) is 24.8 Å². The van der Waals surface area contributed by atoms with Gasteiger partial charge in [0.2, 0.25) is 5.91 Å². The first-order valence-electron chi connectivity index (χ1n) is 6.60. The van der Waals surface area contributed by atoms with Crippen molar-refractivity contribution >= 4 is 11.6 Å². The number of nitrogens with zero attached hydrogens (tertiary/aromatic N) is 1. The van der Waals surface area contributed by atoms with Crippen molar-refractivity contribution in [2.75, 3.05) is 18.8 Å². The van der Waals surface area contributed by atoms with Crippen molar-refractivity contribution < 1.29 is 9.18 Å². The molecule has 0 aliphatic carbocycles. The molecule has 2 rings (SSSR count). The Morgan fingerprint density at radius 2 is 2.05 bits per heavy atom. The van der Waals surface area contributed by atoms with Gasteiger partial charge in [0.05, 0.1) is 5.69 Å². The van der Waals surface area contributed by atoms with E-state index in [0.717, 1.165) is 25.9 Å². The number of piperidine rings is 1. The number of hydrogen-bond acceptors (Lipinski definition) is 3. The van der Waals surface area contributed by atoms with E-state index in [-0.39, 0.29) is 17.4 Å². The SMILES string of the molecule is NC(=O)CC1CCN(Cc2cccc(N)c2F)CC1. The fourth-order valence-corrected chi connectivity index (χ4v) is 2.60. The molecule has 1 fully saturated rings. The third-order valence-electron chi connectivity index (χ3n) is 3.70. The highest BCUT2D eigenvalue weighted by atomic mass is 19.1. The lowest BCUT2D eigenvalue weighted by atomic mass is 9.93. The first kappa shape index (κ1) is 13.8. The Labute approximate surface area is 112 Å². The zero-order valence-corrected chi connectivity index (χ0v) is 10.9. The largest absolute Gasteiger partial charge is 0.396 e. The standard InChI is InChI=1S/C14H20FN3O/c15-14-11(2-1-3-12(14)16)9-18-6-4-10(5-7-18)8-13(17)19/h1-3,10H,4-9,16H2,(H2,17,19). The number of carbonyl (C=O) groups excluding carboxylic acids is 1. The maximum Gasteiger partial charge on any atom is 0.217 e. The Hall–Kier alpha value is -1.62. The van der Waals surface area contributed by atoms with Crippen LogP contribution >= 0.6 is 0 Å². The summed E-state index contributed by atoms with van der Waals surface area (Å²) in [6, 6.07) is 5.10. The van der Waals surface area contributed by atoms with Crippen LogP contribution in [0.2, 0.25) is 0 Å². The number of hydrogen-bond donors (Lipinski definition) is 2. The van der Waals surface area contributed by atoms with Gasteiger partial charge < -0.3 is 11.5 Å². The van der Waals surface area contributed by atoms with E-state index in [1.54, 1.807) is 18.2 Å². The highest BCUT2D eigenvalue weighted by Gasteiger charge is 2.21. The molecular formula is C14H20FN3O. The summed E-state index contributed by atoms with van der Waals surface area (Å²) >= 11 is 0. The summed E-state index contributed by atoms with van der Waals surface area (Å²) in [6.45, 7) is 2.30. The predicted molar refractivity (Wildman–Crippen MR) is 72.6 cm³/mol. The summed E-state index contributed by atoms with van der Waals surface area (Å²) in [7, 11) is 0. The average molecular weight is 265 g/mol. The van der Waals surface area contributed by atoms with Gasteiger partial charge in [0.1, 0.15) is 0 Å². The molecule has 1 aliphatic rings. The third-order valence-corrected chi connectivity index (χ3v) is 3.70. The molecule has 19 heavy (non-hydrogen) atoms. The summed E-state index contributed by atoms with van der Waals surface area (Å²) in [5.74, 6) is -0.179. The summed E-state index contributed by atoms with van der Waals surface area (Å²) in [6.07, 6.45) is 2.33. The van der Waals surface area contributed by atoms with Gasteiger partial charge in [-0.05, 0) is 37.9 Å². The average Bonchev–Trinajstić information content (AvgIpc) is 2.37. The van der Waals surface area contributed by atoms with E-state index in [9.17, 15) is 9.18 Å². The zero-order valence-electron chi connectivity index (χ0n) is 10.9. The number of halogens is 1. The van der Waals surface area contributed by atoms with Gasteiger partial charge in [0, 0.05) is 18.5 Å². The van der Waals surface area contributed by atoms with Gasteiger partial charge in [0.25, 0.3) is 0 Å². The van der Waals surface area contributed by atoms with Crippen molar-refractivity contribution in [1.29, 1.82) is 0 Å². The van der Waals surface area contributed by atoms with Gasteiger partial charge in [-0.25, -0.2) is 4.39 Å². The van der Waals surface area contributed by atoms with E-state index in [1.165, 1.54) is 0 Å². The van der Waals surface area contributed by atoms with E-state index >= 15 is 0 Å². The van der Waals surface area contributed by atoms with Gasteiger partial charge in [-0.15, -0.1) is 0 Å². The Bertz CT molecular complexity index is 456. The lowest BCUT2D eigenvalue weighted by Gasteiger charge is -2.31. The van der Waals surface area contributed by atoms with Crippen molar-refractivity contribution in [2.45, 2.75) is 25.8 Å². The van der Waals surface area contributed by atoms with Crippen LogP contribution in [-0.4, -0.2) is 23.9 Å². The highest BCUT2D eigenvalue weighted by Crippen LogP contribution is 2.23. The molecule has 4 N–H and O–H groups in total. The zero-order chi connectivity index (χ0) is 13.8. The van der Waals surface area contributed by atoms with Crippen molar-refractivity contribution in [2.24, 2.45) is 11.7 Å². The molecule has 5 heteroatoms. The van der Waals surface area contributed by atoms with Gasteiger partial charge in [-0.3, -0.25) is 9.69 Å². The maximum absolute atomic E-state index is 13.8. The molecule has 0 unspecified atom stereocenters. The summed E-state index contributed by atoms with van der Waals surface area (Å²) in [5.41, 5.74) is 11.6. The molecule has 1 aromatic rings. The first-order chi connectivity index (χ1) is 9.06. The third kappa shape index (κ3) is 3.67. The minimum atomic E-state index is -0.318. The Balaban J connectivity index is 1.89. The number of nitrogens with two attached hydrogens (primary N) is 2. The molecule has 1 amide bonds. The second kappa shape index (κ2) is 6.02. The van der Waals surface area contributed by atoms with Crippen LogP contribution in [-0.2, 0) is 11.3 Å². The van der Waals surface area contributed by atoms with Crippen LogP contribution in [0.15, 0.2) is 18.2 Å². The monoisotopic (exact) mass is 265 g/mol. The topological polar surface area (TPSA) is 72.4 Å². The Morgan fingerprint density at radius 1 is 1.37 bits per heavy atom. The van der Waals surface area contributed by atoms with Crippen LogP contribution in [0.3, 0.4) is 0 Å². The second-order valence-electron chi connectivity index (χ2n) is 5.21. The molecular weight excluding hydrogens is 245 g/mol. The number of amides is 1. The van der Waals surface area contributed by atoms with Crippen molar-refractivity contribution in [1.82, 2.24) is 4.90 Å². The molecule has 0 radical (unpaired) electrons. The van der Waals surface area contributed by atoms with E-state index in [0.29, 0.717) is 24.4 Å². The first-order valence-corrected chi connectivity index (χ1v) is 6.60. The van der Waals surface area contributed by atoms with Gasteiger partial charge in [-0.1, -0.05) is 12.1 Å². The van der Waals surface area contributed by atoms with Crippen LogP contribution in [0.5, 0.6) is 0 Å². The minimum absolute atomic E-state index is 0.195. The minimum Gasteiger partial charge on any atom is -0.396 e. The van der Waals surface area contributed by atoms with Crippen LogP contribution in [0.25, 0.3) is 0 Å². The summed E-state index contributed by atoms with van der Waals surface area (Å²) < 4.78 is 13.8. The number of anilines is 1. The number of primary amides is 1. The van der Waals surface area contributed by atoms with Crippen molar-refractivity contribution in [3.8, 4) is 0 Å². The molecule has 0 spiro atoms. The number of nitrogen functional groups attached to an aromatic ring is 1. The fourth-order valence-electron chi connectivity index (χ4n) is 2.60. The van der Waals surface area contributed by atoms with Crippen LogP contribution in [0.4, 0.5) is 10.1 Å². The fraction of sp³-hybridized carbons (Fsp3) is 0.500. The van der Waals surface area contributed by atoms with Crippen LogP contribution < -0.4 is 11.5 Å². The molecule has 0 aromatic heterocycles. The van der Waals surface area contributed by atoms with E-state index in [2.05, 4.69) is 4.90 Å². The molecule has 1 heterocycles. The maximum atomic E-state index is 13.8. The molecule has 0 bridgehead atoms. The van der Waals surface area contributed by atoms with Gasteiger partial charge in [-0.2, -0.15) is 0 Å².